The minimum absolute atomic E-state index is 0.101. The minimum atomic E-state index is -0.471. The first-order chi connectivity index (χ1) is 12.2. The molecule has 0 N–H and O–H groups in total. The Hall–Kier alpha value is -2.04. The number of rotatable bonds is 4. The van der Waals surface area contributed by atoms with Crippen molar-refractivity contribution in [3.8, 4) is 5.75 Å². The molecule has 0 spiro atoms. The maximum absolute atomic E-state index is 13.4. The van der Waals surface area contributed by atoms with Gasteiger partial charge in [-0.3, -0.25) is 9.59 Å². The second-order valence-electron chi connectivity index (χ2n) is 7.47. The monoisotopic (exact) mass is 342 g/mol. The van der Waals surface area contributed by atoms with Crippen LogP contribution < -0.4 is 4.74 Å². The van der Waals surface area contributed by atoms with Gasteiger partial charge in [0.2, 0.25) is 5.91 Å². The van der Waals surface area contributed by atoms with E-state index in [0.29, 0.717) is 0 Å². The molecule has 4 rings (SSSR count). The number of benzene rings is 1. The number of carbonyl (C=O) groups is 2. The van der Waals surface area contributed by atoms with Crippen LogP contribution >= 0.6 is 0 Å². The predicted octanol–water partition coefficient (Wildman–Crippen LogP) is 2.90. The van der Waals surface area contributed by atoms with Crippen LogP contribution in [0.25, 0.3) is 0 Å². The number of carbonyl (C=O) groups excluding carboxylic acids is 2. The van der Waals surface area contributed by atoms with Gasteiger partial charge in [-0.25, -0.2) is 0 Å². The molecule has 1 aromatic carbocycles. The molecule has 0 bridgehead atoms. The zero-order valence-electron chi connectivity index (χ0n) is 14.8. The third-order valence-corrected chi connectivity index (χ3v) is 5.78. The molecule has 5 heteroatoms. The van der Waals surface area contributed by atoms with E-state index in [0.717, 1.165) is 49.8 Å². The van der Waals surface area contributed by atoms with Crippen LogP contribution in [0.3, 0.4) is 0 Å². The molecule has 3 fully saturated rings. The Balaban J connectivity index is 1.65. The molecule has 1 heterocycles. The lowest BCUT2D eigenvalue weighted by atomic mass is 9.91. The highest BCUT2D eigenvalue weighted by Gasteiger charge is 2.48. The summed E-state index contributed by atoms with van der Waals surface area (Å²) in [5.74, 6) is 0.970. The molecule has 0 radical (unpaired) electrons. The van der Waals surface area contributed by atoms with Crippen LogP contribution in [0.2, 0.25) is 0 Å². The van der Waals surface area contributed by atoms with Crippen LogP contribution in [0, 0.1) is 0 Å². The number of hydrogen-bond donors (Lipinski definition) is 0. The third kappa shape index (κ3) is 3.12. The smallest absolute Gasteiger partial charge is 0.250 e. The summed E-state index contributed by atoms with van der Waals surface area (Å²) in [6.45, 7) is 0.257. The fourth-order valence-corrected chi connectivity index (χ4v) is 4.28. The Labute approximate surface area is 148 Å². The summed E-state index contributed by atoms with van der Waals surface area (Å²) in [4.78, 5) is 30.0. The maximum atomic E-state index is 13.4. The Kier molecular flexibility index (Phi) is 4.40. The predicted molar refractivity (Wildman–Crippen MR) is 94.2 cm³/mol. The molecule has 1 saturated heterocycles. The fraction of sp³-hybridized carbons (Fsp3) is 0.600. The van der Waals surface area contributed by atoms with Crippen molar-refractivity contribution in [2.45, 2.75) is 63.1 Å². The molecule has 134 valence electrons. The summed E-state index contributed by atoms with van der Waals surface area (Å²) in [6.07, 6.45) is 7.62. The number of ether oxygens (including phenoxy) is 1. The molecule has 1 atom stereocenters. The largest absolute Gasteiger partial charge is 0.497 e. The van der Waals surface area contributed by atoms with E-state index in [1.165, 1.54) is 6.42 Å². The van der Waals surface area contributed by atoms with Crippen molar-refractivity contribution >= 4 is 11.8 Å². The summed E-state index contributed by atoms with van der Waals surface area (Å²) < 4.78 is 5.23. The molecule has 25 heavy (non-hydrogen) atoms. The van der Waals surface area contributed by atoms with Gasteiger partial charge in [0.15, 0.2) is 0 Å². The second kappa shape index (κ2) is 6.70. The molecule has 0 aromatic heterocycles. The van der Waals surface area contributed by atoms with E-state index < -0.39 is 6.04 Å². The molecule has 1 aliphatic heterocycles. The Morgan fingerprint density at radius 2 is 1.60 bits per heavy atom. The van der Waals surface area contributed by atoms with Gasteiger partial charge in [-0.2, -0.15) is 0 Å². The van der Waals surface area contributed by atoms with Gasteiger partial charge in [0.1, 0.15) is 18.3 Å². The zero-order valence-corrected chi connectivity index (χ0v) is 14.8. The van der Waals surface area contributed by atoms with Gasteiger partial charge in [-0.15, -0.1) is 0 Å². The first kappa shape index (κ1) is 16.4. The van der Waals surface area contributed by atoms with Gasteiger partial charge < -0.3 is 14.5 Å². The SMILES string of the molecule is COc1ccc(C2C(=O)N(C3CCCCC3)CC(=O)N2C2CC2)cc1. The van der Waals surface area contributed by atoms with E-state index >= 15 is 0 Å². The van der Waals surface area contributed by atoms with Crippen LogP contribution in [0.15, 0.2) is 24.3 Å². The van der Waals surface area contributed by atoms with Crippen LogP contribution in [0.5, 0.6) is 5.75 Å². The van der Waals surface area contributed by atoms with Crippen molar-refractivity contribution in [3.05, 3.63) is 29.8 Å². The third-order valence-electron chi connectivity index (χ3n) is 5.78. The van der Waals surface area contributed by atoms with E-state index in [9.17, 15) is 9.59 Å². The molecule has 5 nitrogen and oxygen atoms in total. The minimum Gasteiger partial charge on any atom is -0.497 e. The van der Waals surface area contributed by atoms with Crippen molar-refractivity contribution < 1.29 is 14.3 Å². The highest BCUT2D eigenvalue weighted by Crippen LogP contribution is 2.39. The van der Waals surface area contributed by atoms with Crippen molar-refractivity contribution in [3.63, 3.8) is 0 Å². The highest BCUT2D eigenvalue weighted by atomic mass is 16.5. The standard InChI is InChI=1S/C20H26N2O3/c1-25-17-11-7-14(8-12-17)19-20(24)21(15-5-3-2-4-6-15)13-18(23)22(19)16-9-10-16/h7-8,11-12,15-16,19H,2-6,9-10,13H2,1H3. The van der Waals surface area contributed by atoms with Gasteiger partial charge in [0.25, 0.3) is 5.91 Å². The average molecular weight is 342 g/mol. The number of piperazine rings is 1. The quantitative estimate of drug-likeness (QED) is 0.845. The summed E-state index contributed by atoms with van der Waals surface area (Å²) in [5, 5.41) is 0. The molecule has 1 aromatic rings. The van der Waals surface area contributed by atoms with Crippen LogP contribution in [-0.2, 0) is 9.59 Å². The van der Waals surface area contributed by atoms with Crippen LogP contribution in [0.4, 0.5) is 0 Å². The van der Waals surface area contributed by atoms with Crippen molar-refractivity contribution in [1.29, 1.82) is 0 Å². The maximum Gasteiger partial charge on any atom is 0.250 e. The first-order valence-corrected chi connectivity index (χ1v) is 9.44. The molecule has 2 aliphatic carbocycles. The topological polar surface area (TPSA) is 49.9 Å². The lowest BCUT2D eigenvalue weighted by Crippen LogP contribution is -2.59. The van der Waals surface area contributed by atoms with E-state index in [-0.39, 0.29) is 30.4 Å². The normalized spacial score (nSPS) is 25.4. The van der Waals surface area contributed by atoms with Gasteiger partial charge in [0.05, 0.1) is 7.11 Å². The summed E-state index contributed by atoms with van der Waals surface area (Å²) in [5.41, 5.74) is 0.895. The van der Waals surface area contributed by atoms with Crippen LogP contribution in [0.1, 0.15) is 56.6 Å². The van der Waals surface area contributed by atoms with Crippen molar-refractivity contribution in [2.24, 2.45) is 0 Å². The average Bonchev–Trinajstić information content (AvgIpc) is 3.49. The van der Waals surface area contributed by atoms with E-state index in [2.05, 4.69) is 0 Å². The number of amides is 2. The Bertz CT molecular complexity index is 647. The molecule has 2 saturated carbocycles. The van der Waals surface area contributed by atoms with Crippen LogP contribution in [-0.4, -0.2) is 47.4 Å². The molecule has 2 amide bonds. The number of methoxy groups -OCH3 is 1. The van der Waals surface area contributed by atoms with Crippen molar-refractivity contribution in [1.82, 2.24) is 9.80 Å². The zero-order chi connectivity index (χ0) is 17.4. The first-order valence-electron chi connectivity index (χ1n) is 9.44. The van der Waals surface area contributed by atoms with Crippen molar-refractivity contribution in [2.75, 3.05) is 13.7 Å². The Morgan fingerprint density at radius 1 is 0.920 bits per heavy atom. The summed E-state index contributed by atoms with van der Waals surface area (Å²) in [6, 6.07) is 7.59. The highest BCUT2D eigenvalue weighted by molar-refractivity contribution is 5.96. The van der Waals surface area contributed by atoms with Gasteiger partial charge in [0, 0.05) is 12.1 Å². The summed E-state index contributed by atoms with van der Waals surface area (Å²) >= 11 is 0. The molecular formula is C20H26N2O3. The molecular weight excluding hydrogens is 316 g/mol. The van der Waals surface area contributed by atoms with E-state index in [1.54, 1.807) is 7.11 Å². The lowest BCUT2D eigenvalue weighted by molar-refractivity contribution is -0.159. The fourth-order valence-electron chi connectivity index (χ4n) is 4.28. The number of hydrogen-bond acceptors (Lipinski definition) is 3. The van der Waals surface area contributed by atoms with E-state index in [1.807, 2.05) is 34.1 Å². The van der Waals surface area contributed by atoms with Gasteiger partial charge >= 0.3 is 0 Å². The van der Waals surface area contributed by atoms with Gasteiger partial charge in [-0.05, 0) is 43.4 Å². The van der Waals surface area contributed by atoms with E-state index in [4.69, 9.17) is 4.74 Å². The Morgan fingerprint density at radius 3 is 2.20 bits per heavy atom. The lowest BCUT2D eigenvalue weighted by Gasteiger charge is -2.44. The molecule has 3 aliphatic rings. The molecule has 1 unspecified atom stereocenters. The second-order valence-corrected chi connectivity index (χ2v) is 7.47. The summed E-state index contributed by atoms with van der Waals surface area (Å²) in [7, 11) is 1.63. The number of nitrogens with zero attached hydrogens (tertiary/aromatic N) is 2. The van der Waals surface area contributed by atoms with Gasteiger partial charge in [-0.1, -0.05) is 31.4 Å².